The Morgan fingerprint density at radius 2 is 1.67 bits per heavy atom. The van der Waals surface area contributed by atoms with E-state index >= 15 is 0 Å². The van der Waals surface area contributed by atoms with Crippen LogP contribution >= 0.6 is 11.6 Å². The Morgan fingerprint density at radius 3 is 2.33 bits per heavy atom. The standard InChI is InChI=1S/C21H20ClN3O2/c1-2-15-3-7-17(8-4-15)19-11-12-21(27)25(24-19)14-20(26)23-13-16-5-9-18(22)10-6-16/h3-12H,2,13-14H2,1H3,(H,23,26). The van der Waals surface area contributed by atoms with Crippen LogP contribution in [0.3, 0.4) is 0 Å². The van der Waals surface area contributed by atoms with Crippen molar-refractivity contribution in [1.29, 1.82) is 0 Å². The van der Waals surface area contributed by atoms with Crippen molar-refractivity contribution >= 4 is 17.5 Å². The van der Waals surface area contributed by atoms with Crippen molar-refractivity contribution in [2.24, 2.45) is 0 Å². The average Bonchev–Trinajstić information content (AvgIpc) is 2.69. The Balaban J connectivity index is 1.69. The predicted octanol–water partition coefficient (Wildman–Crippen LogP) is 3.44. The van der Waals surface area contributed by atoms with Crippen LogP contribution in [0.15, 0.2) is 65.5 Å². The van der Waals surface area contributed by atoms with Crippen LogP contribution in [0.4, 0.5) is 0 Å². The maximum absolute atomic E-state index is 12.2. The molecule has 6 heteroatoms. The quantitative estimate of drug-likeness (QED) is 0.711. The van der Waals surface area contributed by atoms with Crippen LogP contribution in [0, 0.1) is 0 Å². The number of nitrogens with one attached hydrogen (secondary N) is 1. The van der Waals surface area contributed by atoms with Gasteiger partial charge in [0.05, 0.1) is 5.69 Å². The lowest BCUT2D eigenvalue weighted by atomic mass is 10.1. The summed E-state index contributed by atoms with van der Waals surface area (Å²) in [6, 6.07) is 18.3. The first kappa shape index (κ1) is 18.9. The average molecular weight is 382 g/mol. The van der Waals surface area contributed by atoms with Gasteiger partial charge in [0.2, 0.25) is 5.91 Å². The molecule has 0 aliphatic rings. The summed E-state index contributed by atoms with van der Waals surface area (Å²) in [6.07, 6.45) is 0.959. The van der Waals surface area contributed by atoms with E-state index in [0.717, 1.165) is 17.5 Å². The van der Waals surface area contributed by atoms with E-state index in [1.807, 2.05) is 36.4 Å². The number of aromatic nitrogens is 2. The van der Waals surface area contributed by atoms with E-state index in [4.69, 9.17) is 11.6 Å². The van der Waals surface area contributed by atoms with E-state index in [1.54, 1.807) is 18.2 Å². The number of carbonyl (C=O) groups excluding carboxylic acids is 1. The maximum Gasteiger partial charge on any atom is 0.267 e. The van der Waals surface area contributed by atoms with Gasteiger partial charge >= 0.3 is 0 Å². The van der Waals surface area contributed by atoms with Gasteiger partial charge in [0.1, 0.15) is 6.54 Å². The van der Waals surface area contributed by atoms with Crippen LogP contribution in [0.5, 0.6) is 0 Å². The van der Waals surface area contributed by atoms with Gasteiger partial charge in [-0.3, -0.25) is 9.59 Å². The number of hydrogen-bond donors (Lipinski definition) is 1. The summed E-state index contributed by atoms with van der Waals surface area (Å²) in [5, 5.41) is 7.76. The van der Waals surface area contributed by atoms with E-state index in [2.05, 4.69) is 17.3 Å². The number of hydrogen-bond acceptors (Lipinski definition) is 3. The summed E-state index contributed by atoms with van der Waals surface area (Å²) in [5.74, 6) is -0.280. The van der Waals surface area contributed by atoms with Crippen molar-refractivity contribution < 1.29 is 4.79 Å². The van der Waals surface area contributed by atoms with Crippen LogP contribution in [0.1, 0.15) is 18.1 Å². The molecule has 1 aromatic heterocycles. The molecule has 0 saturated heterocycles. The third-order valence-electron chi connectivity index (χ3n) is 4.22. The minimum absolute atomic E-state index is 0.132. The molecule has 27 heavy (non-hydrogen) atoms. The molecule has 1 amide bonds. The molecule has 2 aromatic carbocycles. The molecule has 0 atom stereocenters. The highest BCUT2D eigenvalue weighted by Crippen LogP contribution is 2.16. The van der Waals surface area contributed by atoms with E-state index < -0.39 is 0 Å². The zero-order chi connectivity index (χ0) is 19.2. The van der Waals surface area contributed by atoms with Crippen molar-refractivity contribution in [2.75, 3.05) is 0 Å². The lowest BCUT2D eigenvalue weighted by molar-refractivity contribution is -0.122. The van der Waals surface area contributed by atoms with Crippen molar-refractivity contribution in [3.63, 3.8) is 0 Å². The number of carbonyl (C=O) groups is 1. The third kappa shape index (κ3) is 5.05. The van der Waals surface area contributed by atoms with E-state index in [9.17, 15) is 9.59 Å². The molecule has 138 valence electrons. The highest BCUT2D eigenvalue weighted by molar-refractivity contribution is 6.30. The molecule has 3 rings (SSSR count). The number of amides is 1. The third-order valence-corrected chi connectivity index (χ3v) is 4.47. The number of nitrogens with zero attached hydrogens (tertiary/aromatic N) is 2. The Morgan fingerprint density at radius 1 is 1.00 bits per heavy atom. The van der Waals surface area contributed by atoms with Gasteiger partial charge in [-0.05, 0) is 35.7 Å². The summed E-state index contributed by atoms with van der Waals surface area (Å²) in [7, 11) is 0. The Kier molecular flexibility index (Phi) is 6.04. The molecule has 1 heterocycles. The van der Waals surface area contributed by atoms with E-state index in [0.29, 0.717) is 17.3 Å². The molecule has 0 bridgehead atoms. The fraction of sp³-hybridized carbons (Fsp3) is 0.190. The second-order valence-corrected chi connectivity index (χ2v) is 6.60. The monoisotopic (exact) mass is 381 g/mol. The fourth-order valence-electron chi connectivity index (χ4n) is 2.62. The molecular weight excluding hydrogens is 362 g/mol. The molecule has 1 N–H and O–H groups in total. The number of benzene rings is 2. The van der Waals surface area contributed by atoms with Crippen LogP contribution in [0.25, 0.3) is 11.3 Å². The molecule has 0 aliphatic heterocycles. The van der Waals surface area contributed by atoms with Crippen LogP contribution < -0.4 is 10.9 Å². The maximum atomic E-state index is 12.2. The lowest BCUT2D eigenvalue weighted by Crippen LogP contribution is -2.33. The van der Waals surface area contributed by atoms with Crippen molar-refractivity contribution in [1.82, 2.24) is 15.1 Å². The Hall–Kier alpha value is -2.92. The van der Waals surface area contributed by atoms with E-state index in [-0.39, 0.29) is 18.0 Å². The molecular formula is C21H20ClN3O2. The topological polar surface area (TPSA) is 64.0 Å². The predicted molar refractivity (Wildman–Crippen MR) is 107 cm³/mol. The molecule has 5 nitrogen and oxygen atoms in total. The van der Waals surface area contributed by atoms with Gasteiger partial charge in [-0.15, -0.1) is 0 Å². The summed E-state index contributed by atoms with van der Waals surface area (Å²) >= 11 is 5.85. The van der Waals surface area contributed by atoms with Gasteiger partial charge in [0.25, 0.3) is 5.56 Å². The van der Waals surface area contributed by atoms with Gasteiger partial charge < -0.3 is 5.32 Å². The van der Waals surface area contributed by atoms with Crippen molar-refractivity contribution in [3.05, 3.63) is 87.2 Å². The van der Waals surface area contributed by atoms with Crippen molar-refractivity contribution in [3.8, 4) is 11.3 Å². The molecule has 0 unspecified atom stereocenters. The summed E-state index contributed by atoms with van der Waals surface area (Å²) < 4.78 is 1.18. The normalized spacial score (nSPS) is 10.6. The Labute approximate surface area is 162 Å². The smallest absolute Gasteiger partial charge is 0.267 e. The first-order valence-electron chi connectivity index (χ1n) is 8.74. The number of aryl methyl sites for hydroxylation is 1. The van der Waals surface area contributed by atoms with Crippen LogP contribution in [-0.4, -0.2) is 15.7 Å². The highest BCUT2D eigenvalue weighted by atomic mass is 35.5. The molecule has 0 aliphatic carbocycles. The minimum Gasteiger partial charge on any atom is -0.350 e. The Bertz CT molecular complexity index is 980. The second kappa shape index (κ2) is 8.64. The first-order valence-corrected chi connectivity index (χ1v) is 9.11. The summed E-state index contributed by atoms with van der Waals surface area (Å²) in [6.45, 7) is 2.33. The molecule has 0 saturated carbocycles. The van der Waals surface area contributed by atoms with E-state index in [1.165, 1.54) is 16.3 Å². The van der Waals surface area contributed by atoms with Crippen LogP contribution in [-0.2, 0) is 24.3 Å². The first-order chi connectivity index (χ1) is 13.0. The van der Waals surface area contributed by atoms with Gasteiger partial charge in [0, 0.05) is 23.2 Å². The number of halogens is 1. The van der Waals surface area contributed by atoms with Gasteiger partial charge in [-0.1, -0.05) is 54.9 Å². The highest BCUT2D eigenvalue weighted by Gasteiger charge is 2.08. The second-order valence-electron chi connectivity index (χ2n) is 6.17. The van der Waals surface area contributed by atoms with Gasteiger partial charge in [-0.25, -0.2) is 4.68 Å². The molecule has 0 radical (unpaired) electrons. The lowest BCUT2D eigenvalue weighted by Gasteiger charge is -2.09. The largest absolute Gasteiger partial charge is 0.350 e. The zero-order valence-electron chi connectivity index (χ0n) is 15.0. The fourth-order valence-corrected chi connectivity index (χ4v) is 2.75. The number of rotatable bonds is 6. The van der Waals surface area contributed by atoms with Gasteiger partial charge in [0.15, 0.2) is 0 Å². The van der Waals surface area contributed by atoms with Gasteiger partial charge in [-0.2, -0.15) is 5.10 Å². The molecule has 0 fully saturated rings. The van der Waals surface area contributed by atoms with Crippen LogP contribution in [0.2, 0.25) is 5.02 Å². The molecule has 3 aromatic rings. The minimum atomic E-state index is -0.314. The van der Waals surface area contributed by atoms with Crippen molar-refractivity contribution in [2.45, 2.75) is 26.4 Å². The summed E-state index contributed by atoms with van der Waals surface area (Å²) in [4.78, 5) is 24.3. The molecule has 0 spiro atoms. The summed E-state index contributed by atoms with van der Waals surface area (Å²) in [5.41, 5.74) is 3.40. The zero-order valence-corrected chi connectivity index (χ0v) is 15.7. The SMILES string of the molecule is CCc1ccc(-c2ccc(=O)n(CC(=O)NCc3ccc(Cl)cc3)n2)cc1.